The van der Waals surface area contributed by atoms with E-state index in [0.717, 1.165) is 12.0 Å². The maximum Gasteiger partial charge on any atom is 0.326 e. The molecule has 21 heavy (non-hydrogen) atoms. The lowest BCUT2D eigenvalue weighted by Crippen LogP contribution is -2.42. The van der Waals surface area contributed by atoms with Crippen LogP contribution in [0.4, 0.5) is 17.6 Å². The van der Waals surface area contributed by atoms with Gasteiger partial charge in [-0.2, -0.15) is 8.78 Å². The average molecular weight is 305 g/mol. The first kappa shape index (κ1) is 18.0. The van der Waals surface area contributed by atoms with Crippen molar-refractivity contribution in [2.75, 3.05) is 6.54 Å². The van der Waals surface area contributed by atoms with E-state index in [1.165, 1.54) is 12.1 Å². The van der Waals surface area contributed by atoms with Gasteiger partial charge in [0.15, 0.2) is 0 Å². The molecule has 0 fully saturated rings. The Morgan fingerprint density at radius 2 is 1.57 bits per heavy atom. The molecule has 1 atom stereocenters. The van der Waals surface area contributed by atoms with Crippen LogP contribution in [0.1, 0.15) is 51.3 Å². The van der Waals surface area contributed by atoms with Gasteiger partial charge in [-0.15, -0.1) is 0 Å². The van der Waals surface area contributed by atoms with E-state index in [-0.39, 0.29) is 17.5 Å². The number of rotatable bonds is 7. The molecule has 0 bridgehead atoms. The minimum absolute atomic E-state index is 0.0720. The van der Waals surface area contributed by atoms with Crippen molar-refractivity contribution < 1.29 is 17.6 Å². The molecule has 1 aromatic rings. The predicted molar refractivity (Wildman–Crippen MR) is 77.1 cm³/mol. The fourth-order valence-electron chi connectivity index (χ4n) is 2.14. The Labute approximate surface area is 123 Å². The van der Waals surface area contributed by atoms with Gasteiger partial charge in [-0.25, -0.2) is 8.78 Å². The summed E-state index contributed by atoms with van der Waals surface area (Å²) in [6, 6.07) is 4.82. The van der Waals surface area contributed by atoms with Crippen LogP contribution in [0.5, 0.6) is 0 Å². The summed E-state index contributed by atoms with van der Waals surface area (Å²) in [5.74, 6) is -4.10. The second-order valence-electron chi connectivity index (χ2n) is 5.83. The SMILES string of the molecule is CCNC(c1ccc(C(C)(C)CC)cc1)C(F)(F)C(F)F. The van der Waals surface area contributed by atoms with Gasteiger partial charge in [0, 0.05) is 0 Å². The van der Waals surface area contributed by atoms with Crippen LogP contribution in [-0.2, 0) is 5.41 Å². The zero-order valence-electron chi connectivity index (χ0n) is 12.9. The second kappa shape index (κ2) is 6.77. The first-order chi connectivity index (χ1) is 9.66. The van der Waals surface area contributed by atoms with Crippen LogP contribution in [0.3, 0.4) is 0 Å². The van der Waals surface area contributed by atoms with Crippen molar-refractivity contribution in [3.63, 3.8) is 0 Å². The highest BCUT2D eigenvalue weighted by molar-refractivity contribution is 5.30. The molecule has 0 spiro atoms. The van der Waals surface area contributed by atoms with E-state index in [2.05, 4.69) is 19.2 Å². The van der Waals surface area contributed by atoms with Gasteiger partial charge in [0.1, 0.15) is 6.04 Å². The van der Waals surface area contributed by atoms with Gasteiger partial charge in [-0.1, -0.05) is 52.0 Å². The van der Waals surface area contributed by atoms with E-state index in [1.807, 2.05) is 6.92 Å². The molecule has 1 aromatic carbocycles. The van der Waals surface area contributed by atoms with Crippen LogP contribution < -0.4 is 5.32 Å². The number of hydrogen-bond acceptors (Lipinski definition) is 1. The number of halogens is 4. The highest BCUT2D eigenvalue weighted by Gasteiger charge is 2.49. The van der Waals surface area contributed by atoms with E-state index in [0.29, 0.717) is 0 Å². The minimum Gasteiger partial charge on any atom is -0.305 e. The van der Waals surface area contributed by atoms with Crippen LogP contribution in [0.25, 0.3) is 0 Å². The van der Waals surface area contributed by atoms with E-state index < -0.39 is 18.4 Å². The van der Waals surface area contributed by atoms with Crippen molar-refractivity contribution in [2.24, 2.45) is 0 Å². The number of hydrogen-bond donors (Lipinski definition) is 1. The smallest absolute Gasteiger partial charge is 0.305 e. The topological polar surface area (TPSA) is 12.0 Å². The summed E-state index contributed by atoms with van der Waals surface area (Å²) in [4.78, 5) is 0. The zero-order valence-corrected chi connectivity index (χ0v) is 12.9. The monoisotopic (exact) mass is 305 g/mol. The van der Waals surface area contributed by atoms with Gasteiger partial charge in [0.25, 0.3) is 0 Å². The summed E-state index contributed by atoms with van der Waals surface area (Å²) >= 11 is 0. The van der Waals surface area contributed by atoms with Crippen molar-refractivity contribution in [3.05, 3.63) is 35.4 Å². The maximum absolute atomic E-state index is 13.7. The summed E-state index contributed by atoms with van der Waals surface area (Å²) in [5.41, 5.74) is 1.11. The molecule has 0 aliphatic heterocycles. The summed E-state index contributed by atoms with van der Waals surface area (Å²) in [7, 11) is 0. The summed E-state index contributed by atoms with van der Waals surface area (Å²) in [6.45, 7) is 7.95. The molecule has 0 radical (unpaired) electrons. The van der Waals surface area contributed by atoms with E-state index >= 15 is 0 Å². The fraction of sp³-hybridized carbons (Fsp3) is 0.625. The number of benzene rings is 1. The summed E-state index contributed by atoms with van der Waals surface area (Å²) in [6.07, 6.45) is -2.80. The molecule has 1 nitrogen and oxygen atoms in total. The zero-order chi connectivity index (χ0) is 16.3. The number of nitrogens with one attached hydrogen (secondary N) is 1. The van der Waals surface area contributed by atoms with Crippen molar-refractivity contribution >= 4 is 0 Å². The molecular weight excluding hydrogens is 282 g/mol. The van der Waals surface area contributed by atoms with Gasteiger partial charge >= 0.3 is 12.3 Å². The van der Waals surface area contributed by atoms with Crippen LogP contribution in [0.15, 0.2) is 24.3 Å². The summed E-state index contributed by atoms with van der Waals surface area (Å²) in [5, 5.41) is 2.46. The first-order valence-electron chi connectivity index (χ1n) is 7.16. The molecule has 0 aromatic heterocycles. The van der Waals surface area contributed by atoms with Gasteiger partial charge < -0.3 is 5.32 Å². The van der Waals surface area contributed by atoms with E-state index in [9.17, 15) is 17.6 Å². The van der Waals surface area contributed by atoms with Gasteiger partial charge in [0.05, 0.1) is 0 Å². The molecule has 0 saturated carbocycles. The van der Waals surface area contributed by atoms with Crippen LogP contribution in [-0.4, -0.2) is 18.9 Å². The fourth-order valence-corrected chi connectivity index (χ4v) is 2.14. The van der Waals surface area contributed by atoms with E-state index in [1.54, 1.807) is 19.1 Å². The molecule has 0 amide bonds. The van der Waals surface area contributed by atoms with E-state index in [4.69, 9.17) is 0 Å². The van der Waals surface area contributed by atoms with Gasteiger partial charge in [0.2, 0.25) is 0 Å². The highest BCUT2D eigenvalue weighted by Crippen LogP contribution is 2.37. The largest absolute Gasteiger partial charge is 0.326 e. The predicted octanol–water partition coefficient (Wildman–Crippen LogP) is 4.93. The molecule has 1 unspecified atom stereocenters. The lowest BCUT2D eigenvalue weighted by Gasteiger charge is -2.28. The summed E-state index contributed by atoms with van der Waals surface area (Å²) < 4.78 is 52.6. The highest BCUT2D eigenvalue weighted by atomic mass is 19.3. The quantitative estimate of drug-likeness (QED) is 0.705. The van der Waals surface area contributed by atoms with Gasteiger partial charge in [-0.05, 0) is 29.5 Å². The Hall–Kier alpha value is -1.10. The molecule has 120 valence electrons. The van der Waals surface area contributed by atoms with Crippen LogP contribution in [0.2, 0.25) is 0 Å². The Morgan fingerprint density at radius 3 is 1.95 bits per heavy atom. The first-order valence-corrected chi connectivity index (χ1v) is 7.16. The van der Waals surface area contributed by atoms with Crippen LogP contribution in [0, 0.1) is 0 Å². The van der Waals surface area contributed by atoms with Crippen molar-refractivity contribution in [1.29, 1.82) is 0 Å². The third-order valence-electron chi connectivity index (χ3n) is 3.99. The Balaban J connectivity index is 3.11. The molecule has 1 N–H and O–H groups in total. The number of alkyl halides is 4. The Bertz CT molecular complexity index is 440. The normalized spacial score (nSPS) is 14.5. The van der Waals surface area contributed by atoms with Crippen molar-refractivity contribution in [2.45, 2.75) is 57.9 Å². The molecule has 0 aliphatic rings. The second-order valence-corrected chi connectivity index (χ2v) is 5.83. The molecule has 1 rings (SSSR count). The lowest BCUT2D eigenvalue weighted by atomic mass is 9.81. The Kier molecular flexibility index (Phi) is 5.79. The molecule has 0 aliphatic carbocycles. The van der Waals surface area contributed by atoms with Crippen molar-refractivity contribution in [1.82, 2.24) is 5.32 Å². The molecular formula is C16H23F4N. The van der Waals surface area contributed by atoms with Gasteiger partial charge in [-0.3, -0.25) is 0 Å². The average Bonchev–Trinajstić information content (AvgIpc) is 2.44. The third-order valence-corrected chi connectivity index (χ3v) is 3.99. The maximum atomic E-state index is 13.7. The van der Waals surface area contributed by atoms with Crippen molar-refractivity contribution in [3.8, 4) is 0 Å². The molecule has 5 heteroatoms. The lowest BCUT2D eigenvalue weighted by molar-refractivity contribution is -0.151. The third kappa shape index (κ3) is 3.96. The van der Waals surface area contributed by atoms with Crippen LogP contribution >= 0.6 is 0 Å². The Morgan fingerprint density at radius 1 is 1.05 bits per heavy atom. The molecule has 0 heterocycles. The molecule has 0 saturated heterocycles. The minimum atomic E-state index is -4.10. The standard InChI is InChI=1S/C16H23F4N/c1-5-15(3,4)12-9-7-11(8-10-12)13(21-6-2)16(19,20)14(17)18/h7-10,13-14,21H,5-6H2,1-4H3.